The Labute approximate surface area is 112 Å². The number of nitrogens with one attached hydrogen (secondary N) is 1. The average Bonchev–Trinajstić information content (AvgIpc) is 2.34. The van der Waals surface area contributed by atoms with E-state index in [4.69, 9.17) is 0 Å². The number of hydrogen-bond acceptors (Lipinski definition) is 4. The van der Waals surface area contributed by atoms with E-state index in [1.807, 2.05) is 20.0 Å². The van der Waals surface area contributed by atoms with Crippen LogP contribution in [0, 0.1) is 13.8 Å². The predicted octanol–water partition coefficient (Wildman–Crippen LogP) is 3.68. The molecule has 0 aliphatic carbocycles. The molecule has 1 heterocycles. The highest BCUT2D eigenvalue weighted by Gasteiger charge is 2.05. The summed E-state index contributed by atoms with van der Waals surface area (Å²) in [6, 6.07) is 8.44. The van der Waals surface area contributed by atoms with Gasteiger partial charge in [0.05, 0.1) is 0 Å². The summed E-state index contributed by atoms with van der Waals surface area (Å²) in [5.74, 6) is 0.693. The van der Waals surface area contributed by atoms with Crippen molar-refractivity contribution in [2.24, 2.45) is 0 Å². The van der Waals surface area contributed by atoms with Crippen LogP contribution in [-0.4, -0.2) is 16.5 Å². The van der Waals surface area contributed by atoms with Crippen LogP contribution >= 0.6 is 11.8 Å². The number of rotatable bonds is 4. The van der Waals surface area contributed by atoms with Crippen LogP contribution in [0.4, 0.5) is 5.95 Å². The van der Waals surface area contributed by atoms with Gasteiger partial charge < -0.3 is 5.32 Å². The smallest absolute Gasteiger partial charge is 0.223 e. The minimum Gasteiger partial charge on any atom is -0.354 e. The first-order valence-electron chi connectivity index (χ1n) is 6.01. The Morgan fingerprint density at radius 2 is 2.11 bits per heavy atom. The molecule has 1 N–H and O–H groups in total. The molecule has 4 heteroatoms. The maximum atomic E-state index is 4.53. The van der Waals surface area contributed by atoms with E-state index < -0.39 is 0 Å². The van der Waals surface area contributed by atoms with Gasteiger partial charge in [0.25, 0.3) is 0 Å². The van der Waals surface area contributed by atoms with E-state index in [1.54, 1.807) is 11.8 Å². The first-order chi connectivity index (χ1) is 8.69. The second-order valence-electron chi connectivity index (χ2n) is 4.13. The van der Waals surface area contributed by atoms with Crippen molar-refractivity contribution in [3.05, 3.63) is 41.6 Å². The molecule has 18 heavy (non-hydrogen) atoms. The molecular weight excluding hydrogens is 242 g/mol. The maximum Gasteiger partial charge on any atom is 0.223 e. The highest BCUT2D eigenvalue weighted by Crippen LogP contribution is 2.29. The van der Waals surface area contributed by atoms with Crippen molar-refractivity contribution in [2.45, 2.75) is 30.7 Å². The Hall–Kier alpha value is -1.55. The van der Waals surface area contributed by atoms with Gasteiger partial charge >= 0.3 is 0 Å². The van der Waals surface area contributed by atoms with Gasteiger partial charge in [0.1, 0.15) is 5.03 Å². The van der Waals surface area contributed by atoms with Crippen LogP contribution < -0.4 is 5.32 Å². The summed E-state index contributed by atoms with van der Waals surface area (Å²) in [4.78, 5) is 9.99. The molecule has 3 nitrogen and oxygen atoms in total. The molecule has 0 spiro atoms. The molecule has 0 bridgehead atoms. The maximum absolute atomic E-state index is 4.53. The summed E-state index contributed by atoms with van der Waals surface area (Å²) in [6.45, 7) is 7.00. The van der Waals surface area contributed by atoms with Crippen molar-refractivity contribution >= 4 is 17.7 Å². The molecule has 0 fully saturated rings. The number of nitrogens with zero attached hydrogens (tertiary/aromatic N) is 2. The summed E-state index contributed by atoms with van der Waals surface area (Å²) in [5, 5.41) is 4.14. The number of anilines is 1. The van der Waals surface area contributed by atoms with E-state index in [2.05, 4.69) is 46.5 Å². The van der Waals surface area contributed by atoms with Gasteiger partial charge in [-0.15, -0.1) is 0 Å². The molecule has 1 aromatic carbocycles. The lowest BCUT2D eigenvalue weighted by Crippen LogP contribution is -2.03. The largest absolute Gasteiger partial charge is 0.354 e. The van der Waals surface area contributed by atoms with Crippen LogP contribution in [0.2, 0.25) is 0 Å². The lowest BCUT2D eigenvalue weighted by molar-refractivity contribution is 0.983. The fourth-order valence-corrected chi connectivity index (χ4v) is 2.52. The van der Waals surface area contributed by atoms with Gasteiger partial charge in [-0.05, 0) is 32.9 Å². The van der Waals surface area contributed by atoms with Gasteiger partial charge in [-0.1, -0.05) is 29.5 Å². The van der Waals surface area contributed by atoms with Crippen molar-refractivity contribution < 1.29 is 0 Å². The molecule has 94 valence electrons. The van der Waals surface area contributed by atoms with Gasteiger partial charge in [-0.25, -0.2) is 9.97 Å². The molecule has 0 aliphatic rings. The second-order valence-corrected chi connectivity index (χ2v) is 5.19. The lowest BCUT2D eigenvalue weighted by Gasteiger charge is -2.07. The van der Waals surface area contributed by atoms with Crippen molar-refractivity contribution in [3.8, 4) is 0 Å². The second kappa shape index (κ2) is 5.87. The van der Waals surface area contributed by atoms with Crippen molar-refractivity contribution in [1.82, 2.24) is 9.97 Å². The normalized spacial score (nSPS) is 10.4. The minimum absolute atomic E-state index is 0.693. The Kier molecular flexibility index (Phi) is 4.20. The van der Waals surface area contributed by atoms with E-state index in [0.29, 0.717) is 5.95 Å². The zero-order valence-electron chi connectivity index (χ0n) is 10.9. The van der Waals surface area contributed by atoms with Crippen molar-refractivity contribution in [3.63, 3.8) is 0 Å². The van der Waals surface area contributed by atoms with Crippen molar-refractivity contribution in [2.75, 3.05) is 11.9 Å². The summed E-state index contributed by atoms with van der Waals surface area (Å²) in [7, 11) is 0. The van der Waals surface area contributed by atoms with Crippen LogP contribution in [-0.2, 0) is 0 Å². The molecule has 0 radical (unpaired) electrons. The topological polar surface area (TPSA) is 37.8 Å². The molecule has 1 aromatic heterocycles. The van der Waals surface area contributed by atoms with E-state index in [9.17, 15) is 0 Å². The number of benzene rings is 1. The molecule has 2 aromatic rings. The molecule has 0 amide bonds. The Balaban J connectivity index is 2.25. The number of aryl methyl sites for hydroxylation is 2. The molecule has 0 atom stereocenters. The van der Waals surface area contributed by atoms with E-state index in [1.165, 1.54) is 10.5 Å². The molecule has 0 aliphatic heterocycles. The van der Waals surface area contributed by atoms with E-state index in [-0.39, 0.29) is 0 Å². The highest BCUT2D eigenvalue weighted by molar-refractivity contribution is 7.99. The first-order valence-corrected chi connectivity index (χ1v) is 6.82. The third-order valence-electron chi connectivity index (χ3n) is 2.46. The monoisotopic (exact) mass is 259 g/mol. The quantitative estimate of drug-likeness (QED) is 0.850. The molecule has 0 unspecified atom stereocenters. The zero-order chi connectivity index (χ0) is 13.0. The van der Waals surface area contributed by atoms with Crippen LogP contribution in [0.5, 0.6) is 0 Å². The first kappa shape index (κ1) is 12.9. The Bertz CT molecular complexity index is 540. The zero-order valence-corrected chi connectivity index (χ0v) is 11.7. The predicted molar refractivity (Wildman–Crippen MR) is 76.2 cm³/mol. The van der Waals surface area contributed by atoms with E-state index >= 15 is 0 Å². The number of aromatic nitrogens is 2. The fourth-order valence-electron chi connectivity index (χ4n) is 1.56. The van der Waals surface area contributed by atoms with Crippen LogP contribution in [0.25, 0.3) is 0 Å². The molecular formula is C14H17N3S. The van der Waals surface area contributed by atoms with Crippen LogP contribution in [0.3, 0.4) is 0 Å². The average molecular weight is 259 g/mol. The Morgan fingerprint density at radius 3 is 2.83 bits per heavy atom. The van der Waals surface area contributed by atoms with Crippen LogP contribution in [0.1, 0.15) is 18.1 Å². The molecule has 0 saturated carbocycles. The third kappa shape index (κ3) is 3.23. The van der Waals surface area contributed by atoms with Crippen molar-refractivity contribution in [1.29, 1.82) is 0 Å². The number of hydrogen-bond donors (Lipinski definition) is 1. The van der Waals surface area contributed by atoms with Gasteiger partial charge in [-0.3, -0.25) is 0 Å². The highest BCUT2D eigenvalue weighted by atomic mass is 32.2. The lowest BCUT2D eigenvalue weighted by atomic mass is 10.2. The van der Waals surface area contributed by atoms with Gasteiger partial charge in [-0.2, -0.15) is 0 Å². The van der Waals surface area contributed by atoms with Gasteiger partial charge in [0.15, 0.2) is 0 Å². The van der Waals surface area contributed by atoms with Gasteiger partial charge in [0.2, 0.25) is 5.95 Å². The SMILES string of the molecule is CCNc1ncc(C)c(Sc2cccc(C)c2)n1. The fraction of sp³-hybridized carbons (Fsp3) is 0.286. The van der Waals surface area contributed by atoms with Crippen LogP contribution in [0.15, 0.2) is 40.4 Å². The summed E-state index contributed by atoms with van der Waals surface area (Å²) >= 11 is 1.68. The summed E-state index contributed by atoms with van der Waals surface area (Å²) < 4.78 is 0. The van der Waals surface area contributed by atoms with E-state index in [0.717, 1.165) is 17.1 Å². The standard InChI is InChI=1S/C14H17N3S/c1-4-15-14-16-9-11(3)13(17-14)18-12-7-5-6-10(2)8-12/h5-9H,4H2,1-3H3,(H,15,16,17). The Morgan fingerprint density at radius 1 is 1.28 bits per heavy atom. The minimum atomic E-state index is 0.693. The molecule has 0 saturated heterocycles. The molecule has 2 rings (SSSR count). The third-order valence-corrected chi connectivity index (χ3v) is 3.56. The van der Waals surface area contributed by atoms with Gasteiger partial charge in [0, 0.05) is 23.2 Å². The summed E-state index contributed by atoms with van der Waals surface area (Å²) in [5.41, 5.74) is 2.36. The summed E-state index contributed by atoms with van der Waals surface area (Å²) in [6.07, 6.45) is 1.86.